The lowest BCUT2D eigenvalue weighted by Gasteiger charge is -2.32. The van der Waals surface area contributed by atoms with E-state index in [1.807, 2.05) is 36.2 Å². The molecule has 156 valence electrons. The van der Waals surface area contributed by atoms with Gasteiger partial charge in [0.05, 0.1) is 9.21 Å². The number of anilines is 1. The minimum atomic E-state index is 0.0477. The number of allylic oxidation sites excluding steroid dienone is 1. The van der Waals surface area contributed by atoms with Crippen molar-refractivity contribution >= 4 is 34.0 Å². The number of aryl methyl sites for hydroxylation is 1. The molecule has 0 aliphatic heterocycles. The fourth-order valence-corrected chi connectivity index (χ4v) is 6.67. The maximum Gasteiger partial charge on any atom is 0.248 e. The first-order valence-corrected chi connectivity index (χ1v) is 12.6. The Bertz CT molecular complexity index is 822. The molecule has 1 N–H and O–H groups in total. The monoisotopic (exact) mass is 429 g/mol. The van der Waals surface area contributed by atoms with Gasteiger partial charge >= 0.3 is 0 Å². The van der Waals surface area contributed by atoms with Crippen LogP contribution in [0.25, 0.3) is 0 Å². The third-order valence-corrected chi connectivity index (χ3v) is 8.46. The van der Waals surface area contributed by atoms with Crippen LogP contribution in [0.5, 0.6) is 0 Å². The summed E-state index contributed by atoms with van der Waals surface area (Å²) in [6.45, 7) is 0. The second-order valence-corrected chi connectivity index (χ2v) is 10.7. The average Bonchev–Trinajstić information content (AvgIpc) is 3.36. The Balaban J connectivity index is 1.43. The number of carbonyl (C=O) groups excluding carboxylic acids is 1. The summed E-state index contributed by atoms with van der Waals surface area (Å²) in [5.74, 6) is 1.29. The van der Waals surface area contributed by atoms with Crippen LogP contribution in [0.15, 0.2) is 45.5 Å². The zero-order valence-corrected chi connectivity index (χ0v) is 18.9. The number of nitrogens with zero attached hydrogens (tertiary/aromatic N) is 2. The molecule has 2 aliphatic carbocycles. The van der Waals surface area contributed by atoms with Crippen LogP contribution < -0.4 is 5.32 Å². The van der Waals surface area contributed by atoms with Crippen LogP contribution in [0.2, 0.25) is 0 Å². The number of imidazole rings is 1. The van der Waals surface area contributed by atoms with Gasteiger partial charge in [-0.05, 0) is 61.4 Å². The molecular weight excluding hydrogens is 398 g/mol. The quantitative estimate of drug-likeness (QED) is 0.522. The standard InChI is InChI=1S/C23H31N3OS2/c1-26-15-14-24-23(26)29-22-13-12-21(28-22)25-20(27)16-19(17-8-4-2-5-9-17)18-10-6-3-7-11-18/h12-18H,2-11H2,1H3,(H,25,27). The molecule has 2 heterocycles. The van der Waals surface area contributed by atoms with E-state index in [1.165, 1.54) is 69.8 Å². The molecule has 0 atom stereocenters. The van der Waals surface area contributed by atoms with Crippen molar-refractivity contribution in [2.75, 3.05) is 5.32 Å². The Morgan fingerprint density at radius 1 is 1.10 bits per heavy atom. The third-order valence-electron chi connectivity index (χ3n) is 6.25. The van der Waals surface area contributed by atoms with Crippen molar-refractivity contribution in [1.29, 1.82) is 0 Å². The van der Waals surface area contributed by atoms with Crippen LogP contribution in [0.1, 0.15) is 64.2 Å². The molecule has 0 aromatic carbocycles. The average molecular weight is 430 g/mol. The van der Waals surface area contributed by atoms with E-state index >= 15 is 0 Å². The molecule has 0 bridgehead atoms. The lowest BCUT2D eigenvalue weighted by Crippen LogP contribution is -2.21. The molecule has 29 heavy (non-hydrogen) atoms. The molecule has 4 nitrogen and oxygen atoms in total. The van der Waals surface area contributed by atoms with E-state index in [1.54, 1.807) is 23.1 Å². The van der Waals surface area contributed by atoms with Crippen LogP contribution >= 0.6 is 23.1 Å². The zero-order chi connectivity index (χ0) is 20.1. The van der Waals surface area contributed by atoms with Crippen molar-refractivity contribution in [3.8, 4) is 0 Å². The number of nitrogens with one attached hydrogen (secondary N) is 1. The van der Waals surface area contributed by atoms with Gasteiger partial charge in [0.1, 0.15) is 0 Å². The highest BCUT2D eigenvalue weighted by Crippen LogP contribution is 2.40. The fraction of sp³-hybridized carbons (Fsp3) is 0.565. The first-order valence-electron chi connectivity index (χ1n) is 11.0. The second-order valence-electron chi connectivity index (χ2n) is 8.34. The zero-order valence-electron chi connectivity index (χ0n) is 17.2. The smallest absolute Gasteiger partial charge is 0.248 e. The van der Waals surface area contributed by atoms with E-state index in [0.29, 0.717) is 11.8 Å². The topological polar surface area (TPSA) is 46.9 Å². The summed E-state index contributed by atoms with van der Waals surface area (Å²) in [6, 6.07) is 4.06. The van der Waals surface area contributed by atoms with Gasteiger partial charge in [-0.3, -0.25) is 4.79 Å². The first-order chi connectivity index (χ1) is 14.2. The number of carbonyl (C=O) groups is 1. The molecule has 2 fully saturated rings. The van der Waals surface area contributed by atoms with Gasteiger partial charge in [-0.15, -0.1) is 11.3 Å². The Hall–Kier alpha value is -1.53. The van der Waals surface area contributed by atoms with Crippen LogP contribution in [-0.4, -0.2) is 15.5 Å². The minimum absolute atomic E-state index is 0.0477. The maximum absolute atomic E-state index is 12.9. The van der Waals surface area contributed by atoms with E-state index in [0.717, 1.165) is 14.4 Å². The Kier molecular flexibility index (Phi) is 7.14. The van der Waals surface area contributed by atoms with Crippen molar-refractivity contribution in [3.05, 3.63) is 36.2 Å². The van der Waals surface area contributed by atoms with Gasteiger partial charge in [-0.25, -0.2) is 4.98 Å². The van der Waals surface area contributed by atoms with Crippen molar-refractivity contribution in [2.24, 2.45) is 18.9 Å². The summed E-state index contributed by atoms with van der Waals surface area (Å²) in [5.41, 5.74) is 1.45. The Labute approximate surface area is 182 Å². The normalized spacial score (nSPS) is 18.5. The van der Waals surface area contributed by atoms with Gasteiger partial charge in [0.25, 0.3) is 0 Å². The molecule has 0 unspecified atom stereocenters. The van der Waals surface area contributed by atoms with Crippen LogP contribution in [-0.2, 0) is 11.8 Å². The summed E-state index contributed by atoms with van der Waals surface area (Å²) in [6.07, 6.45) is 18.7. The number of rotatable bonds is 6. The number of amides is 1. The largest absolute Gasteiger partial charge is 0.329 e. The van der Waals surface area contributed by atoms with E-state index in [4.69, 9.17) is 0 Å². The molecule has 2 aliphatic rings. The fourth-order valence-electron chi connectivity index (χ4n) is 4.73. The molecule has 2 aromatic rings. The highest BCUT2D eigenvalue weighted by Gasteiger charge is 2.26. The van der Waals surface area contributed by atoms with Gasteiger partial charge in [0, 0.05) is 25.5 Å². The molecule has 0 radical (unpaired) electrons. The molecule has 0 spiro atoms. The van der Waals surface area contributed by atoms with E-state index < -0.39 is 0 Å². The van der Waals surface area contributed by atoms with Crippen molar-refractivity contribution in [1.82, 2.24) is 9.55 Å². The maximum atomic E-state index is 12.9. The summed E-state index contributed by atoms with van der Waals surface area (Å²) in [7, 11) is 1.99. The summed E-state index contributed by atoms with van der Waals surface area (Å²) < 4.78 is 3.14. The van der Waals surface area contributed by atoms with E-state index in [9.17, 15) is 4.79 Å². The van der Waals surface area contributed by atoms with Crippen molar-refractivity contribution < 1.29 is 4.79 Å². The highest BCUT2D eigenvalue weighted by atomic mass is 32.2. The van der Waals surface area contributed by atoms with Crippen LogP contribution in [0, 0.1) is 11.8 Å². The van der Waals surface area contributed by atoms with E-state index in [2.05, 4.69) is 16.4 Å². The SMILES string of the molecule is Cn1ccnc1Sc1ccc(NC(=O)C=C(C2CCCCC2)C2CCCCC2)s1. The summed E-state index contributed by atoms with van der Waals surface area (Å²) in [5, 5.41) is 5.00. The van der Waals surface area contributed by atoms with Gasteiger partial charge in [-0.1, -0.05) is 44.1 Å². The van der Waals surface area contributed by atoms with Crippen molar-refractivity contribution in [3.63, 3.8) is 0 Å². The van der Waals surface area contributed by atoms with Gasteiger partial charge in [-0.2, -0.15) is 0 Å². The van der Waals surface area contributed by atoms with Crippen LogP contribution in [0.4, 0.5) is 5.00 Å². The second kappa shape index (κ2) is 9.98. The van der Waals surface area contributed by atoms with E-state index in [-0.39, 0.29) is 5.91 Å². The minimum Gasteiger partial charge on any atom is -0.329 e. The Morgan fingerprint density at radius 3 is 2.34 bits per heavy atom. The molecule has 2 saturated carbocycles. The van der Waals surface area contributed by atoms with Gasteiger partial charge in [0.2, 0.25) is 5.91 Å². The summed E-state index contributed by atoms with van der Waals surface area (Å²) >= 11 is 3.25. The number of hydrogen-bond acceptors (Lipinski definition) is 4. The lowest BCUT2D eigenvalue weighted by atomic mass is 9.73. The molecule has 1 amide bonds. The molecular formula is C23H31N3OS2. The highest BCUT2D eigenvalue weighted by molar-refractivity contribution is 8.01. The predicted molar refractivity (Wildman–Crippen MR) is 122 cm³/mol. The number of aromatic nitrogens is 2. The first kappa shape index (κ1) is 20.7. The van der Waals surface area contributed by atoms with Gasteiger partial charge in [0.15, 0.2) is 5.16 Å². The number of thiophene rings is 1. The molecule has 2 aromatic heterocycles. The predicted octanol–water partition coefficient (Wildman–Crippen LogP) is 6.66. The van der Waals surface area contributed by atoms with Crippen LogP contribution in [0.3, 0.4) is 0 Å². The third kappa shape index (κ3) is 5.54. The Morgan fingerprint density at radius 2 is 1.76 bits per heavy atom. The molecule has 4 rings (SSSR count). The van der Waals surface area contributed by atoms with Crippen molar-refractivity contribution in [2.45, 2.75) is 73.6 Å². The lowest BCUT2D eigenvalue weighted by molar-refractivity contribution is -0.112. The molecule has 6 heteroatoms. The summed E-state index contributed by atoms with van der Waals surface area (Å²) in [4.78, 5) is 17.2. The van der Waals surface area contributed by atoms with Gasteiger partial charge < -0.3 is 9.88 Å². The number of hydrogen-bond donors (Lipinski definition) is 1. The molecule has 0 saturated heterocycles.